The summed E-state index contributed by atoms with van der Waals surface area (Å²) in [5, 5.41) is 0. The highest BCUT2D eigenvalue weighted by Gasteiger charge is 2.81. The third-order valence-electron chi connectivity index (χ3n) is 6.60. The number of hydrogen-bond acceptors (Lipinski definition) is 3. The molecule has 2 aliphatic heterocycles. The Morgan fingerprint density at radius 3 is 2.67 bits per heavy atom. The normalized spacial score (nSPS) is 31.7. The van der Waals surface area contributed by atoms with Gasteiger partial charge in [0.2, 0.25) is 0 Å². The molecule has 146 valence electrons. The van der Waals surface area contributed by atoms with Crippen LogP contribution in [0, 0.1) is 29.6 Å². The van der Waals surface area contributed by atoms with E-state index in [-0.39, 0.29) is 5.92 Å². The molecule has 0 aromatic heterocycles. The summed E-state index contributed by atoms with van der Waals surface area (Å²) in [6.45, 7) is 0. The zero-order valence-electron chi connectivity index (χ0n) is 16.3. The minimum Gasteiger partial charge on any atom is -0.410 e. The number of carbonyl (C=O) groups excluding carboxylic acids is 1. The predicted molar refractivity (Wildman–Crippen MR) is 113 cm³/mol. The molecule has 1 saturated carbocycles. The van der Waals surface area contributed by atoms with Crippen molar-refractivity contribution in [1.29, 1.82) is 0 Å². The minimum atomic E-state index is -0.549. The zero-order chi connectivity index (χ0) is 20.2. The number of rotatable bonds is 1. The molecule has 4 aliphatic rings. The van der Waals surface area contributed by atoms with E-state index >= 15 is 0 Å². The summed E-state index contributed by atoms with van der Waals surface area (Å²) < 4.78 is 12.4. The molecule has 4 nitrogen and oxygen atoms in total. The largest absolute Gasteiger partial charge is 0.420 e. The molecular weight excluding hydrogens is 374 g/mol. The van der Waals surface area contributed by atoms with Gasteiger partial charge in [0.15, 0.2) is 0 Å². The van der Waals surface area contributed by atoms with Crippen molar-refractivity contribution >= 4 is 11.8 Å². The summed E-state index contributed by atoms with van der Waals surface area (Å²) in [5.41, 5.74) is 0.746. The van der Waals surface area contributed by atoms with Crippen LogP contribution in [0.3, 0.4) is 0 Å². The molecule has 4 atom stereocenters. The Morgan fingerprint density at radius 1 is 1.03 bits per heavy atom. The van der Waals surface area contributed by atoms with Crippen LogP contribution in [0.15, 0.2) is 66.7 Å². The van der Waals surface area contributed by atoms with Crippen molar-refractivity contribution in [1.82, 2.24) is 0 Å². The monoisotopic (exact) mass is 393 g/mol. The Bertz CT molecular complexity index is 1200. The van der Waals surface area contributed by atoms with Gasteiger partial charge in [-0.15, -0.1) is 0 Å². The maximum atomic E-state index is 13.4. The second kappa shape index (κ2) is 6.26. The molecule has 4 bridgehead atoms. The first kappa shape index (κ1) is 17.4. The average Bonchev–Trinajstić information content (AvgIpc) is 3.49. The van der Waals surface area contributed by atoms with Gasteiger partial charge >= 0.3 is 6.09 Å². The van der Waals surface area contributed by atoms with Gasteiger partial charge in [0.1, 0.15) is 23.0 Å². The van der Waals surface area contributed by atoms with Crippen LogP contribution in [0.5, 0.6) is 5.75 Å². The van der Waals surface area contributed by atoms with E-state index in [1.165, 1.54) is 0 Å². The van der Waals surface area contributed by atoms with Gasteiger partial charge in [0.25, 0.3) is 0 Å². The Labute approximate surface area is 175 Å². The summed E-state index contributed by atoms with van der Waals surface area (Å²) in [6, 6.07) is 16.7. The number of fused-ring (bicyclic) bond motifs is 1. The number of allylic oxidation sites excluding steroid dienone is 2. The number of ether oxygens (including phenoxy) is 2. The smallest absolute Gasteiger partial charge is 0.410 e. The quantitative estimate of drug-likeness (QED) is 0.532. The molecule has 2 fully saturated rings. The molecule has 2 aromatic carbocycles. The number of nitrogens with zero attached hydrogens (tertiary/aromatic N) is 1. The van der Waals surface area contributed by atoms with Gasteiger partial charge in [-0.3, -0.25) is 4.90 Å². The molecule has 1 amide bonds. The lowest BCUT2D eigenvalue weighted by atomic mass is 9.64. The molecule has 2 heterocycles. The molecular formula is C26H19NO3. The Hall–Kier alpha value is -3.47. The van der Waals surface area contributed by atoms with E-state index in [0.29, 0.717) is 5.75 Å². The van der Waals surface area contributed by atoms with Gasteiger partial charge in [-0.1, -0.05) is 60.1 Å². The van der Waals surface area contributed by atoms with Crippen molar-refractivity contribution in [3.8, 4) is 29.4 Å². The number of hydrogen-bond donors (Lipinski definition) is 0. The lowest BCUT2D eigenvalue weighted by molar-refractivity contribution is 0.197. The molecule has 0 N–H and O–H groups in total. The molecule has 4 heteroatoms. The Morgan fingerprint density at radius 2 is 1.80 bits per heavy atom. The third kappa shape index (κ3) is 2.20. The number of para-hydroxylation sites is 2. The number of benzene rings is 2. The van der Waals surface area contributed by atoms with Gasteiger partial charge in [0.05, 0.1) is 11.6 Å². The highest BCUT2D eigenvalue weighted by atomic mass is 16.6. The number of carbonyl (C=O) groups is 1. The molecule has 0 unspecified atom stereocenters. The molecule has 30 heavy (non-hydrogen) atoms. The van der Waals surface area contributed by atoms with E-state index in [4.69, 9.17) is 9.47 Å². The number of anilines is 1. The second-order valence-electron chi connectivity index (χ2n) is 8.05. The van der Waals surface area contributed by atoms with Crippen LogP contribution in [0.4, 0.5) is 10.5 Å². The van der Waals surface area contributed by atoms with Crippen LogP contribution in [0.2, 0.25) is 0 Å². The van der Waals surface area contributed by atoms with Crippen LogP contribution in [0.25, 0.3) is 0 Å². The van der Waals surface area contributed by atoms with Crippen molar-refractivity contribution in [2.24, 2.45) is 5.92 Å². The minimum absolute atomic E-state index is 0.0757. The lowest BCUT2D eigenvalue weighted by Gasteiger charge is -2.43. The zero-order valence-corrected chi connectivity index (χ0v) is 16.3. The summed E-state index contributed by atoms with van der Waals surface area (Å²) >= 11 is 0. The molecule has 1 saturated heterocycles. The maximum absolute atomic E-state index is 13.4. The van der Waals surface area contributed by atoms with E-state index < -0.39 is 23.3 Å². The van der Waals surface area contributed by atoms with Gasteiger partial charge in [-0.2, -0.15) is 0 Å². The Balaban J connectivity index is 1.54. The fraction of sp³-hybridized carbons (Fsp3) is 0.269. The molecule has 2 aromatic rings. The summed E-state index contributed by atoms with van der Waals surface area (Å²) in [5.74, 6) is 13.5. The molecule has 2 aliphatic carbocycles. The maximum Gasteiger partial charge on any atom is 0.420 e. The average molecular weight is 393 g/mol. The molecule has 6 rings (SSSR count). The number of epoxide rings is 1. The second-order valence-corrected chi connectivity index (χ2v) is 8.05. The van der Waals surface area contributed by atoms with E-state index in [9.17, 15) is 4.79 Å². The fourth-order valence-corrected chi connectivity index (χ4v) is 5.40. The fourth-order valence-electron chi connectivity index (χ4n) is 5.40. The standard InChI is InChI=1S/C26H19NO3/c28-24(29-20-13-5-3-6-14-20)27-22-16-9-8-15-21(22)26-19-11-4-1-2-7-17-23(27)25(26,30-26)18-10-12-19/h1-3,5-6,8-9,13-16,19,23H,10,12,18H2/t19-,23+,25+,26-/m1/s1. The van der Waals surface area contributed by atoms with Crippen molar-refractivity contribution in [3.05, 3.63) is 72.3 Å². The van der Waals surface area contributed by atoms with Crippen molar-refractivity contribution in [3.63, 3.8) is 0 Å². The lowest BCUT2D eigenvalue weighted by Crippen LogP contribution is -2.57. The van der Waals surface area contributed by atoms with E-state index in [2.05, 4.69) is 29.7 Å². The number of amides is 1. The SMILES string of the molecule is O=C(Oc1ccccc1)N1c2ccccc2[C@@]23O[C@]24CCC[C@H]3C#CC=CC#C[C@H]14. The highest BCUT2D eigenvalue weighted by molar-refractivity contribution is 5.94. The van der Waals surface area contributed by atoms with Gasteiger partial charge in [0, 0.05) is 5.56 Å². The topological polar surface area (TPSA) is 42.1 Å². The van der Waals surface area contributed by atoms with E-state index in [0.717, 1.165) is 30.5 Å². The molecule has 0 spiro atoms. The van der Waals surface area contributed by atoms with E-state index in [1.54, 1.807) is 29.2 Å². The van der Waals surface area contributed by atoms with Crippen molar-refractivity contribution in [2.45, 2.75) is 36.5 Å². The van der Waals surface area contributed by atoms with Crippen LogP contribution in [-0.4, -0.2) is 17.7 Å². The van der Waals surface area contributed by atoms with Crippen molar-refractivity contribution in [2.75, 3.05) is 4.90 Å². The summed E-state index contributed by atoms with van der Waals surface area (Å²) in [6.07, 6.45) is 5.90. The predicted octanol–water partition coefficient (Wildman–Crippen LogP) is 4.42. The Kier molecular flexibility index (Phi) is 3.63. The van der Waals surface area contributed by atoms with Crippen LogP contribution < -0.4 is 9.64 Å². The van der Waals surface area contributed by atoms with Gasteiger partial charge in [-0.25, -0.2) is 4.79 Å². The van der Waals surface area contributed by atoms with Crippen molar-refractivity contribution < 1.29 is 14.3 Å². The molecule has 0 radical (unpaired) electrons. The van der Waals surface area contributed by atoms with Gasteiger partial charge < -0.3 is 9.47 Å². The first-order valence-corrected chi connectivity index (χ1v) is 10.3. The summed E-state index contributed by atoms with van der Waals surface area (Å²) in [7, 11) is 0. The van der Waals surface area contributed by atoms with Gasteiger partial charge in [-0.05, 0) is 49.6 Å². The van der Waals surface area contributed by atoms with Crippen LogP contribution in [-0.2, 0) is 10.3 Å². The van der Waals surface area contributed by atoms with E-state index in [1.807, 2.05) is 36.4 Å². The third-order valence-corrected chi connectivity index (χ3v) is 6.60. The van der Waals surface area contributed by atoms with Crippen LogP contribution in [0.1, 0.15) is 24.8 Å². The highest BCUT2D eigenvalue weighted by Crippen LogP contribution is 2.72. The van der Waals surface area contributed by atoms with Crippen LogP contribution >= 0.6 is 0 Å². The summed E-state index contributed by atoms with van der Waals surface area (Å²) in [4.78, 5) is 15.1. The first-order chi connectivity index (χ1) is 14.8. The first-order valence-electron chi connectivity index (χ1n) is 10.3.